The van der Waals surface area contributed by atoms with Gasteiger partial charge in [0.25, 0.3) is 0 Å². The number of imidazole rings is 1. The van der Waals surface area contributed by atoms with Crippen molar-refractivity contribution >= 4 is 31.5 Å². The lowest BCUT2D eigenvalue weighted by atomic mass is 9.86. The highest BCUT2D eigenvalue weighted by molar-refractivity contribution is 7.26. The molecule has 6 rings (SSSR count). The van der Waals surface area contributed by atoms with Gasteiger partial charge in [-0.15, -0.1) is 11.3 Å². The first kappa shape index (κ1) is 17.0. The number of benzene rings is 3. The quantitative estimate of drug-likeness (QED) is 0.288. The van der Waals surface area contributed by atoms with Crippen LogP contribution in [0.4, 0.5) is 0 Å². The average Bonchev–Trinajstić information content (AvgIpc) is 3.34. The lowest BCUT2D eigenvalue weighted by Crippen LogP contribution is -2.06. The van der Waals surface area contributed by atoms with Gasteiger partial charge < -0.3 is 0 Å². The molecule has 0 saturated carbocycles. The Labute approximate surface area is 174 Å². The zero-order chi connectivity index (χ0) is 19.7. The second kappa shape index (κ2) is 6.04. The maximum absolute atomic E-state index is 4.78. The van der Waals surface area contributed by atoms with E-state index in [1.165, 1.54) is 48.1 Å². The smallest absolute Gasteiger partial charge is 0.144 e. The Morgan fingerprint density at radius 2 is 1.79 bits per heavy atom. The number of hydrogen-bond acceptors (Lipinski definition) is 2. The van der Waals surface area contributed by atoms with E-state index >= 15 is 0 Å². The Hall–Kier alpha value is -2.91. The summed E-state index contributed by atoms with van der Waals surface area (Å²) in [6.07, 6.45) is 4.07. The molecule has 142 valence electrons. The average molecular weight is 395 g/mol. The van der Waals surface area contributed by atoms with Crippen molar-refractivity contribution < 1.29 is 0 Å². The normalized spacial score (nSPS) is 15.4. The second-order valence-electron chi connectivity index (χ2n) is 8.29. The van der Waals surface area contributed by atoms with Gasteiger partial charge in [-0.25, -0.2) is 4.98 Å². The summed E-state index contributed by atoms with van der Waals surface area (Å²) in [5.74, 6) is 1.78. The summed E-state index contributed by atoms with van der Waals surface area (Å²) in [6, 6.07) is 20.0. The van der Waals surface area contributed by atoms with E-state index in [0.29, 0.717) is 11.8 Å². The first-order chi connectivity index (χ1) is 14.1. The molecule has 0 N–H and O–H groups in total. The van der Waals surface area contributed by atoms with E-state index in [1.54, 1.807) is 0 Å². The van der Waals surface area contributed by atoms with E-state index in [-0.39, 0.29) is 0 Å². The number of rotatable bonds is 1. The number of hydrogen-bond donors (Lipinski definition) is 0. The van der Waals surface area contributed by atoms with E-state index in [9.17, 15) is 0 Å². The molecule has 3 aromatic carbocycles. The molecule has 2 nitrogen and oxygen atoms in total. The van der Waals surface area contributed by atoms with Gasteiger partial charge in [-0.3, -0.25) is 4.57 Å². The van der Waals surface area contributed by atoms with Gasteiger partial charge in [-0.1, -0.05) is 63.2 Å². The van der Waals surface area contributed by atoms with Gasteiger partial charge in [0.1, 0.15) is 5.82 Å². The van der Waals surface area contributed by atoms with Crippen LogP contribution in [-0.4, -0.2) is 9.55 Å². The second-order valence-corrected chi connectivity index (χ2v) is 9.34. The van der Waals surface area contributed by atoms with Crippen molar-refractivity contribution in [1.29, 1.82) is 0 Å². The summed E-state index contributed by atoms with van der Waals surface area (Å²) < 4.78 is 5.10. The summed E-state index contributed by atoms with van der Waals surface area (Å²) >= 11 is 1.93. The molecule has 0 amide bonds. The van der Waals surface area contributed by atoms with Crippen LogP contribution in [-0.2, 0) is 0 Å². The summed E-state index contributed by atoms with van der Waals surface area (Å²) in [6.45, 7) is 6.96. The van der Waals surface area contributed by atoms with Crippen LogP contribution in [0.25, 0.3) is 37.2 Å². The number of thiophene rings is 1. The molecule has 0 saturated heterocycles. The molecular formula is C26H22N2S. The SMILES string of the molecule is CC(C)c1cc2c(sc3ccccc32)c2c1-n1ccnc1-c1ccccc1C2C. The van der Waals surface area contributed by atoms with Crippen LogP contribution in [0.1, 0.15) is 49.3 Å². The summed E-state index contributed by atoms with van der Waals surface area (Å²) in [5.41, 5.74) is 6.77. The highest BCUT2D eigenvalue weighted by Gasteiger charge is 2.30. The van der Waals surface area contributed by atoms with Crippen molar-refractivity contribution in [2.75, 3.05) is 0 Å². The van der Waals surface area contributed by atoms with Gasteiger partial charge in [0.2, 0.25) is 0 Å². The highest BCUT2D eigenvalue weighted by atomic mass is 32.1. The van der Waals surface area contributed by atoms with Crippen LogP contribution >= 0.6 is 11.3 Å². The Kier molecular flexibility index (Phi) is 3.54. The van der Waals surface area contributed by atoms with Gasteiger partial charge in [0.15, 0.2) is 0 Å². The molecule has 0 fully saturated rings. The van der Waals surface area contributed by atoms with Gasteiger partial charge in [0, 0.05) is 49.6 Å². The standard InChI is InChI=1S/C26H22N2S/c1-15(2)20-14-21-18-9-6-7-11-22(18)29-25(21)23-16(3)17-8-4-5-10-19(17)26-27-12-13-28(26)24(20)23/h4-16H,1-3H3. The van der Waals surface area contributed by atoms with Crippen molar-refractivity contribution in [2.24, 2.45) is 0 Å². The molecule has 0 radical (unpaired) electrons. The fourth-order valence-corrected chi connectivity index (χ4v) is 6.24. The molecule has 1 atom stereocenters. The topological polar surface area (TPSA) is 17.8 Å². The number of nitrogens with zero attached hydrogens (tertiary/aromatic N) is 2. The third-order valence-electron chi connectivity index (χ3n) is 6.31. The van der Waals surface area contributed by atoms with Crippen molar-refractivity contribution in [3.05, 3.63) is 83.7 Å². The minimum atomic E-state index is 0.303. The van der Waals surface area contributed by atoms with Crippen molar-refractivity contribution in [2.45, 2.75) is 32.6 Å². The Bertz CT molecular complexity index is 1400. The van der Waals surface area contributed by atoms with Crippen molar-refractivity contribution in [3.63, 3.8) is 0 Å². The zero-order valence-electron chi connectivity index (χ0n) is 16.8. The van der Waals surface area contributed by atoms with E-state index < -0.39 is 0 Å². The Balaban J connectivity index is 1.87. The molecule has 2 aromatic heterocycles. The Morgan fingerprint density at radius 1 is 1.00 bits per heavy atom. The summed E-state index contributed by atoms with van der Waals surface area (Å²) in [7, 11) is 0. The molecule has 29 heavy (non-hydrogen) atoms. The minimum Gasteiger partial charge on any atom is -0.299 e. The predicted octanol–water partition coefficient (Wildman–Crippen LogP) is 7.50. The minimum absolute atomic E-state index is 0.303. The van der Waals surface area contributed by atoms with Crippen LogP contribution in [0.15, 0.2) is 67.0 Å². The van der Waals surface area contributed by atoms with Crippen LogP contribution in [0, 0.1) is 0 Å². The first-order valence-electron chi connectivity index (χ1n) is 10.3. The van der Waals surface area contributed by atoms with Crippen LogP contribution in [0.2, 0.25) is 0 Å². The molecule has 1 aliphatic rings. The fourth-order valence-electron chi connectivity index (χ4n) is 4.92. The number of aromatic nitrogens is 2. The van der Waals surface area contributed by atoms with E-state index in [0.717, 1.165) is 5.82 Å². The van der Waals surface area contributed by atoms with Crippen LogP contribution < -0.4 is 0 Å². The summed E-state index contributed by atoms with van der Waals surface area (Å²) in [4.78, 5) is 4.78. The lowest BCUT2D eigenvalue weighted by molar-refractivity contribution is 0.837. The molecule has 1 unspecified atom stereocenters. The van der Waals surface area contributed by atoms with Crippen LogP contribution in [0.5, 0.6) is 0 Å². The van der Waals surface area contributed by atoms with Crippen molar-refractivity contribution in [3.8, 4) is 17.1 Å². The molecule has 0 aliphatic carbocycles. The summed E-state index contributed by atoms with van der Waals surface area (Å²) in [5, 5.41) is 2.76. The third kappa shape index (κ3) is 2.25. The van der Waals surface area contributed by atoms with E-state index in [4.69, 9.17) is 4.98 Å². The molecule has 0 bridgehead atoms. The maximum atomic E-state index is 4.78. The van der Waals surface area contributed by atoms with Gasteiger partial charge >= 0.3 is 0 Å². The first-order valence-corrected chi connectivity index (χ1v) is 11.1. The van der Waals surface area contributed by atoms with Crippen LogP contribution in [0.3, 0.4) is 0 Å². The zero-order valence-corrected chi connectivity index (χ0v) is 17.6. The molecule has 5 aromatic rings. The van der Waals surface area contributed by atoms with E-state index in [1.807, 2.05) is 17.5 Å². The van der Waals surface area contributed by atoms with Gasteiger partial charge in [-0.2, -0.15) is 0 Å². The monoisotopic (exact) mass is 394 g/mol. The molecule has 1 aliphatic heterocycles. The van der Waals surface area contributed by atoms with Gasteiger partial charge in [0.05, 0.1) is 5.69 Å². The van der Waals surface area contributed by atoms with Gasteiger partial charge in [-0.05, 0) is 29.2 Å². The molecule has 0 spiro atoms. The largest absolute Gasteiger partial charge is 0.299 e. The molecular weight excluding hydrogens is 372 g/mol. The third-order valence-corrected chi connectivity index (χ3v) is 7.53. The molecule has 3 heterocycles. The maximum Gasteiger partial charge on any atom is 0.144 e. The Morgan fingerprint density at radius 3 is 2.66 bits per heavy atom. The molecule has 3 heteroatoms. The lowest BCUT2D eigenvalue weighted by Gasteiger charge is -2.22. The highest BCUT2D eigenvalue weighted by Crippen LogP contribution is 2.49. The number of fused-ring (bicyclic) bond motifs is 9. The fraction of sp³-hybridized carbons (Fsp3) is 0.192. The van der Waals surface area contributed by atoms with E-state index in [2.05, 4.69) is 86.1 Å². The predicted molar refractivity (Wildman–Crippen MR) is 123 cm³/mol. The van der Waals surface area contributed by atoms with Crippen molar-refractivity contribution in [1.82, 2.24) is 9.55 Å².